The third-order valence-corrected chi connectivity index (χ3v) is 4.31. The van der Waals surface area contributed by atoms with Crippen molar-refractivity contribution in [2.45, 2.75) is 18.9 Å². The number of carbonyl (C=O) groups is 2. The summed E-state index contributed by atoms with van der Waals surface area (Å²) in [4.78, 5) is 24.7. The fraction of sp³-hybridized carbons (Fsp3) is 0.500. The van der Waals surface area contributed by atoms with E-state index in [1.807, 2.05) is 12.1 Å². The summed E-state index contributed by atoms with van der Waals surface area (Å²) in [7, 11) is 1.58. The minimum Gasteiger partial charge on any atom is -0.481 e. The summed E-state index contributed by atoms with van der Waals surface area (Å²) < 4.78 is 5.41. The second-order valence-corrected chi connectivity index (χ2v) is 6.00. The highest BCUT2D eigenvalue weighted by molar-refractivity contribution is 6.30. The highest BCUT2D eigenvalue weighted by atomic mass is 35.5. The van der Waals surface area contributed by atoms with Crippen molar-refractivity contribution in [3.8, 4) is 0 Å². The molecule has 0 aromatic heterocycles. The van der Waals surface area contributed by atoms with Gasteiger partial charge >= 0.3 is 12.0 Å². The Hall–Kier alpha value is -1.79. The van der Waals surface area contributed by atoms with Crippen LogP contribution in [0.1, 0.15) is 24.5 Å². The molecule has 126 valence electrons. The Bertz CT molecular complexity index is 559. The van der Waals surface area contributed by atoms with E-state index in [1.54, 1.807) is 24.1 Å². The fourth-order valence-corrected chi connectivity index (χ4v) is 2.86. The maximum absolute atomic E-state index is 12.2. The molecule has 2 amide bonds. The van der Waals surface area contributed by atoms with E-state index in [4.69, 9.17) is 21.4 Å². The van der Waals surface area contributed by atoms with Crippen molar-refractivity contribution in [1.29, 1.82) is 0 Å². The van der Waals surface area contributed by atoms with Crippen LogP contribution in [0.4, 0.5) is 4.79 Å². The number of amides is 2. The number of carboxylic acid groups (broad SMARTS) is 1. The van der Waals surface area contributed by atoms with Crippen molar-refractivity contribution in [2.24, 2.45) is 5.92 Å². The lowest BCUT2D eigenvalue weighted by Gasteiger charge is -2.30. The molecule has 1 aliphatic heterocycles. The molecular weight excluding hydrogens is 320 g/mol. The number of likely N-dealkylation sites (tertiary alicyclic amines) is 1. The second kappa shape index (κ2) is 8.17. The maximum Gasteiger partial charge on any atom is 0.317 e. The molecular formula is C16H21ClN2O4. The number of nitrogens with zero attached hydrogens (tertiary/aromatic N) is 1. The van der Waals surface area contributed by atoms with Gasteiger partial charge in [-0.1, -0.05) is 23.7 Å². The standard InChI is InChI=1S/C16H21ClN2O4/c1-23-14(12-3-2-4-13(17)9-12)10-18-16(22)19-7-5-11(6-8-19)15(20)21/h2-4,9,11,14H,5-8,10H2,1H3,(H,18,22)(H,20,21). The number of hydrogen-bond acceptors (Lipinski definition) is 3. The van der Waals surface area contributed by atoms with Gasteiger partial charge in [-0.2, -0.15) is 0 Å². The van der Waals surface area contributed by atoms with E-state index >= 15 is 0 Å². The quantitative estimate of drug-likeness (QED) is 0.863. The van der Waals surface area contributed by atoms with Crippen molar-refractivity contribution < 1.29 is 19.4 Å². The molecule has 0 radical (unpaired) electrons. The highest BCUT2D eigenvalue weighted by Crippen LogP contribution is 2.20. The van der Waals surface area contributed by atoms with Crippen LogP contribution < -0.4 is 5.32 Å². The average molecular weight is 341 g/mol. The van der Waals surface area contributed by atoms with E-state index < -0.39 is 5.97 Å². The predicted octanol–water partition coefficient (Wildman–Crippen LogP) is 2.53. The molecule has 1 aromatic rings. The van der Waals surface area contributed by atoms with Gasteiger partial charge in [-0.05, 0) is 30.5 Å². The first-order chi connectivity index (χ1) is 11.0. The molecule has 1 unspecified atom stereocenters. The number of nitrogens with one attached hydrogen (secondary N) is 1. The third kappa shape index (κ3) is 4.84. The van der Waals surface area contributed by atoms with Crippen LogP contribution in [0, 0.1) is 5.92 Å². The SMILES string of the molecule is COC(CNC(=O)N1CCC(C(=O)O)CC1)c1cccc(Cl)c1. The number of aliphatic carboxylic acids is 1. The van der Waals surface area contributed by atoms with E-state index in [1.165, 1.54) is 0 Å². The summed E-state index contributed by atoms with van der Waals surface area (Å²) in [6.45, 7) is 1.24. The van der Waals surface area contributed by atoms with Gasteiger partial charge in [-0.3, -0.25) is 4.79 Å². The van der Waals surface area contributed by atoms with Crippen LogP contribution in [0.15, 0.2) is 24.3 Å². The fourth-order valence-electron chi connectivity index (χ4n) is 2.67. The smallest absolute Gasteiger partial charge is 0.317 e. The van der Waals surface area contributed by atoms with E-state index in [0.717, 1.165) is 5.56 Å². The Morgan fingerprint density at radius 2 is 2.13 bits per heavy atom. The predicted molar refractivity (Wildman–Crippen MR) is 86.5 cm³/mol. The first-order valence-electron chi connectivity index (χ1n) is 7.55. The average Bonchev–Trinajstić information content (AvgIpc) is 2.55. The zero-order chi connectivity index (χ0) is 16.8. The molecule has 0 aliphatic carbocycles. The monoisotopic (exact) mass is 340 g/mol. The number of urea groups is 1. The van der Waals surface area contributed by atoms with Crippen molar-refractivity contribution >= 4 is 23.6 Å². The molecule has 0 bridgehead atoms. The van der Waals surface area contributed by atoms with Gasteiger partial charge in [0.15, 0.2) is 0 Å². The minimum absolute atomic E-state index is 0.196. The lowest BCUT2D eigenvalue weighted by Crippen LogP contribution is -2.46. The number of carboxylic acids is 1. The van der Waals surface area contributed by atoms with Gasteiger partial charge in [0.05, 0.1) is 12.0 Å². The van der Waals surface area contributed by atoms with E-state index in [2.05, 4.69) is 5.32 Å². The lowest BCUT2D eigenvalue weighted by molar-refractivity contribution is -0.143. The second-order valence-electron chi connectivity index (χ2n) is 5.56. The molecule has 1 atom stereocenters. The number of ether oxygens (including phenoxy) is 1. The summed E-state index contributed by atoms with van der Waals surface area (Å²) in [6, 6.07) is 7.12. The van der Waals surface area contributed by atoms with Crippen molar-refractivity contribution in [3.05, 3.63) is 34.9 Å². The summed E-state index contributed by atoms with van der Waals surface area (Å²) in [5.74, 6) is -1.14. The first kappa shape index (κ1) is 17.6. The van der Waals surface area contributed by atoms with Crippen molar-refractivity contribution in [2.75, 3.05) is 26.7 Å². The van der Waals surface area contributed by atoms with Gasteiger partial charge in [0.2, 0.25) is 0 Å². The van der Waals surface area contributed by atoms with Crippen LogP contribution in [0.25, 0.3) is 0 Å². The molecule has 23 heavy (non-hydrogen) atoms. The molecule has 2 N–H and O–H groups in total. The zero-order valence-corrected chi connectivity index (χ0v) is 13.8. The molecule has 2 rings (SSSR count). The summed E-state index contributed by atoms with van der Waals surface area (Å²) >= 11 is 5.97. The van der Waals surface area contributed by atoms with Crippen LogP contribution in [0.5, 0.6) is 0 Å². The molecule has 1 saturated heterocycles. The van der Waals surface area contributed by atoms with Gasteiger partial charge in [0.25, 0.3) is 0 Å². The molecule has 1 aromatic carbocycles. The van der Waals surface area contributed by atoms with Gasteiger partial charge < -0.3 is 20.1 Å². The molecule has 1 aliphatic rings. The lowest BCUT2D eigenvalue weighted by atomic mass is 9.97. The zero-order valence-electron chi connectivity index (χ0n) is 13.0. The van der Waals surface area contributed by atoms with Crippen LogP contribution in [-0.4, -0.2) is 48.8 Å². The number of rotatable bonds is 5. The molecule has 1 heterocycles. The Morgan fingerprint density at radius 1 is 1.43 bits per heavy atom. The number of methoxy groups -OCH3 is 1. The Morgan fingerprint density at radius 3 is 2.70 bits per heavy atom. The number of hydrogen-bond donors (Lipinski definition) is 2. The summed E-state index contributed by atoms with van der Waals surface area (Å²) in [6.07, 6.45) is 0.699. The third-order valence-electron chi connectivity index (χ3n) is 4.08. The van der Waals surface area contributed by atoms with Gasteiger partial charge in [-0.25, -0.2) is 4.79 Å². The molecule has 1 fully saturated rings. The van der Waals surface area contributed by atoms with E-state index in [0.29, 0.717) is 37.5 Å². The highest BCUT2D eigenvalue weighted by Gasteiger charge is 2.27. The largest absolute Gasteiger partial charge is 0.481 e. The van der Waals surface area contributed by atoms with Crippen LogP contribution in [0.3, 0.4) is 0 Å². The topological polar surface area (TPSA) is 78.9 Å². The maximum atomic E-state index is 12.2. The van der Waals surface area contributed by atoms with Crippen LogP contribution in [-0.2, 0) is 9.53 Å². The number of carbonyl (C=O) groups excluding carboxylic acids is 1. The van der Waals surface area contributed by atoms with Crippen LogP contribution in [0.2, 0.25) is 5.02 Å². The number of halogens is 1. The Kier molecular flexibility index (Phi) is 6.24. The van der Waals surface area contributed by atoms with Gasteiger partial charge in [0, 0.05) is 31.8 Å². The summed E-state index contributed by atoms with van der Waals surface area (Å²) in [5.41, 5.74) is 0.893. The minimum atomic E-state index is -0.787. The summed E-state index contributed by atoms with van der Waals surface area (Å²) in [5, 5.41) is 12.4. The van der Waals surface area contributed by atoms with E-state index in [9.17, 15) is 9.59 Å². The molecule has 0 spiro atoms. The number of piperidine rings is 1. The molecule has 7 heteroatoms. The first-order valence-corrected chi connectivity index (χ1v) is 7.93. The van der Waals surface area contributed by atoms with Gasteiger partial charge in [0.1, 0.15) is 0 Å². The Balaban J connectivity index is 1.85. The molecule has 0 saturated carbocycles. The van der Waals surface area contributed by atoms with Gasteiger partial charge in [-0.15, -0.1) is 0 Å². The number of benzene rings is 1. The normalized spacial score (nSPS) is 16.9. The van der Waals surface area contributed by atoms with Crippen molar-refractivity contribution in [1.82, 2.24) is 10.2 Å². The molecule has 6 nitrogen and oxygen atoms in total. The Labute approximate surface area is 140 Å². The van der Waals surface area contributed by atoms with E-state index in [-0.39, 0.29) is 18.1 Å². The van der Waals surface area contributed by atoms with Crippen molar-refractivity contribution in [3.63, 3.8) is 0 Å². The van der Waals surface area contributed by atoms with Crippen LogP contribution >= 0.6 is 11.6 Å².